The van der Waals surface area contributed by atoms with Crippen molar-refractivity contribution in [2.24, 2.45) is 0 Å². The standard InChI is InChI=1S/C8H6ClFO2.CH4/c9-6-2-1-3-7(10)5(6)4-8(11)12;/h1-3H,4H2,(H,11,12);1H4. The van der Waals surface area contributed by atoms with E-state index >= 15 is 0 Å². The SMILES string of the molecule is C.O=C(O)Cc1c(F)cccc1Cl. The van der Waals surface area contributed by atoms with Crippen molar-refractivity contribution < 1.29 is 14.3 Å². The Labute approximate surface area is 81.0 Å². The maximum absolute atomic E-state index is 12.9. The zero-order valence-corrected chi connectivity index (χ0v) is 6.81. The van der Waals surface area contributed by atoms with Crippen LogP contribution in [0.4, 0.5) is 4.39 Å². The van der Waals surface area contributed by atoms with Gasteiger partial charge < -0.3 is 5.11 Å². The van der Waals surface area contributed by atoms with Gasteiger partial charge in [-0.15, -0.1) is 0 Å². The summed E-state index contributed by atoms with van der Waals surface area (Å²) in [5.41, 5.74) is 0.0340. The zero-order valence-electron chi connectivity index (χ0n) is 6.05. The number of carbonyl (C=O) groups is 1. The van der Waals surface area contributed by atoms with E-state index in [0.717, 1.165) is 0 Å². The molecule has 4 heteroatoms. The molecule has 0 aromatic heterocycles. The van der Waals surface area contributed by atoms with Gasteiger partial charge in [-0.3, -0.25) is 4.79 Å². The van der Waals surface area contributed by atoms with Crippen LogP contribution in [0.2, 0.25) is 5.02 Å². The van der Waals surface area contributed by atoms with Crippen LogP contribution in [0, 0.1) is 5.82 Å². The van der Waals surface area contributed by atoms with Crippen molar-refractivity contribution in [1.29, 1.82) is 0 Å². The first kappa shape index (κ1) is 11.9. The molecule has 0 aliphatic carbocycles. The molecule has 1 rings (SSSR count). The lowest BCUT2D eigenvalue weighted by atomic mass is 10.1. The topological polar surface area (TPSA) is 37.3 Å². The Hall–Kier alpha value is -1.09. The molecule has 1 N–H and O–H groups in total. The van der Waals surface area contributed by atoms with Gasteiger partial charge >= 0.3 is 5.97 Å². The van der Waals surface area contributed by atoms with E-state index in [4.69, 9.17) is 16.7 Å². The van der Waals surface area contributed by atoms with Crippen LogP contribution in [0.1, 0.15) is 13.0 Å². The molecule has 0 spiro atoms. The molecule has 2 nitrogen and oxygen atoms in total. The highest BCUT2D eigenvalue weighted by Gasteiger charge is 2.09. The molecule has 0 radical (unpaired) electrons. The fraction of sp³-hybridized carbons (Fsp3) is 0.222. The lowest BCUT2D eigenvalue weighted by Crippen LogP contribution is -2.02. The van der Waals surface area contributed by atoms with Gasteiger partial charge in [0, 0.05) is 10.6 Å². The van der Waals surface area contributed by atoms with E-state index < -0.39 is 11.8 Å². The molecule has 0 bridgehead atoms. The number of hydrogen-bond donors (Lipinski definition) is 1. The highest BCUT2D eigenvalue weighted by molar-refractivity contribution is 6.31. The summed E-state index contributed by atoms with van der Waals surface area (Å²) in [5, 5.41) is 8.54. The molecule has 0 aliphatic rings. The summed E-state index contributed by atoms with van der Waals surface area (Å²) in [6.07, 6.45) is -0.383. The first-order chi connectivity index (χ1) is 5.61. The Morgan fingerprint density at radius 2 is 2.15 bits per heavy atom. The Kier molecular flexibility index (Phi) is 4.42. The number of carboxylic acid groups (broad SMARTS) is 1. The summed E-state index contributed by atoms with van der Waals surface area (Å²) in [5.74, 6) is -1.67. The smallest absolute Gasteiger partial charge is 0.307 e. The van der Waals surface area contributed by atoms with Crippen LogP contribution in [0.25, 0.3) is 0 Å². The normalized spacial score (nSPS) is 9.08. The fourth-order valence-corrected chi connectivity index (χ4v) is 1.08. The second kappa shape index (κ2) is 4.82. The Balaban J connectivity index is 0.00000144. The fourth-order valence-electron chi connectivity index (χ4n) is 0.852. The van der Waals surface area contributed by atoms with Gasteiger partial charge in [-0.25, -0.2) is 4.39 Å². The van der Waals surface area contributed by atoms with E-state index in [1.165, 1.54) is 18.2 Å². The minimum atomic E-state index is -1.10. The van der Waals surface area contributed by atoms with Crippen molar-refractivity contribution in [2.75, 3.05) is 0 Å². The van der Waals surface area contributed by atoms with Crippen LogP contribution in [0.15, 0.2) is 18.2 Å². The van der Waals surface area contributed by atoms with Gasteiger partial charge in [0.15, 0.2) is 0 Å². The van der Waals surface area contributed by atoms with Gasteiger partial charge in [-0.05, 0) is 12.1 Å². The maximum Gasteiger partial charge on any atom is 0.307 e. The molecule has 0 saturated heterocycles. The molecule has 0 atom stereocenters. The Bertz CT molecular complexity index is 292. The summed E-state index contributed by atoms with van der Waals surface area (Å²) in [4.78, 5) is 10.2. The number of aliphatic carboxylic acids is 1. The molecule has 0 fully saturated rings. The molecule has 13 heavy (non-hydrogen) atoms. The Morgan fingerprint density at radius 3 is 2.62 bits per heavy atom. The minimum absolute atomic E-state index is 0. The third-order valence-electron chi connectivity index (χ3n) is 1.39. The average Bonchev–Trinajstić information content (AvgIpc) is 1.97. The third-order valence-corrected chi connectivity index (χ3v) is 1.74. The van der Waals surface area contributed by atoms with Crippen molar-refractivity contribution in [3.8, 4) is 0 Å². The minimum Gasteiger partial charge on any atom is -0.481 e. The molecule has 0 unspecified atom stereocenters. The number of hydrogen-bond acceptors (Lipinski definition) is 1. The number of rotatable bonds is 2. The van der Waals surface area contributed by atoms with E-state index in [1.54, 1.807) is 0 Å². The van der Waals surface area contributed by atoms with Crippen LogP contribution >= 0.6 is 11.6 Å². The molecular weight excluding hydrogens is 195 g/mol. The summed E-state index contributed by atoms with van der Waals surface area (Å²) < 4.78 is 12.9. The molecule has 0 aliphatic heterocycles. The van der Waals surface area contributed by atoms with E-state index in [0.29, 0.717) is 0 Å². The van der Waals surface area contributed by atoms with Crippen LogP contribution < -0.4 is 0 Å². The lowest BCUT2D eigenvalue weighted by molar-refractivity contribution is -0.136. The molecule has 1 aromatic rings. The van der Waals surface area contributed by atoms with Gasteiger partial charge in [0.1, 0.15) is 5.82 Å². The Morgan fingerprint density at radius 1 is 1.54 bits per heavy atom. The molecule has 0 heterocycles. The summed E-state index contributed by atoms with van der Waals surface area (Å²) in [6, 6.07) is 4.08. The van der Waals surface area contributed by atoms with Crippen LogP contribution in [0.5, 0.6) is 0 Å². The van der Waals surface area contributed by atoms with Crippen molar-refractivity contribution >= 4 is 17.6 Å². The molecule has 72 valence electrons. The van der Waals surface area contributed by atoms with E-state index in [9.17, 15) is 9.18 Å². The van der Waals surface area contributed by atoms with Crippen molar-refractivity contribution in [2.45, 2.75) is 13.8 Å². The van der Waals surface area contributed by atoms with Crippen molar-refractivity contribution in [1.82, 2.24) is 0 Å². The number of halogens is 2. The number of benzene rings is 1. The van der Waals surface area contributed by atoms with Crippen LogP contribution in [-0.4, -0.2) is 11.1 Å². The van der Waals surface area contributed by atoms with Crippen LogP contribution in [-0.2, 0) is 11.2 Å². The maximum atomic E-state index is 12.9. The van der Waals surface area contributed by atoms with Gasteiger partial charge in [0.05, 0.1) is 6.42 Å². The molecule has 0 amide bonds. The first-order valence-electron chi connectivity index (χ1n) is 3.26. The summed E-state index contributed by atoms with van der Waals surface area (Å²) in [7, 11) is 0. The monoisotopic (exact) mass is 204 g/mol. The average molecular weight is 205 g/mol. The summed E-state index contributed by atoms with van der Waals surface area (Å²) in [6.45, 7) is 0. The largest absolute Gasteiger partial charge is 0.481 e. The first-order valence-corrected chi connectivity index (χ1v) is 3.63. The summed E-state index contributed by atoms with van der Waals surface area (Å²) >= 11 is 5.57. The van der Waals surface area contributed by atoms with Gasteiger partial charge in [-0.2, -0.15) is 0 Å². The van der Waals surface area contributed by atoms with Crippen molar-refractivity contribution in [3.05, 3.63) is 34.6 Å². The second-order valence-corrected chi connectivity index (χ2v) is 2.68. The van der Waals surface area contributed by atoms with E-state index in [1.807, 2.05) is 0 Å². The molecule has 0 saturated carbocycles. The van der Waals surface area contributed by atoms with Gasteiger partial charge in [0.25, 0.3) is 0 Å². The molecule has 1 aromatic carbocycles. The van der Waals surface area contributed by atoms with E-state index in [-0.39, 0.29) is 24.4 Å². The zero-order chi connectivity index (χ0) is 9.14. The number of carboxylic acids is 1. The van der Waals surface area contributed by atoms with Gasteiger partial charge in [0.2, 0.25) is 0 Å². The third kappa shape index (κ3) is 3.03. The highest BCUT2D eigenvalue weighted by Crippen LogP contribution is 2.19. The predicted octanol–water partition coefficient (Wildman–Crippen LogP) is 2.74. The van der Waals surface area contributed by atoms with Gasteiger partial charge in [-0.1, -0.05) is 25.1 Å². The highest BCUT2D eigenvalue weighted by atomic mass is 35.5. The second-order valence-electron chi connectivity index (χ2n) is 2.27. The lowest BCUT2D eigenvalue weighted by Gasteiger charge is -2.01. The quantitative estimate of drug-likeness (QED) is 0.804. The van der Waals surface area contributed by atoms with E-state index in [2.05, 4.69) is 0 Å². The predicted molar refractivity (Wildman–Crippen MR) is 49.5 cm³/mol. The van der Waals surface area contributed by atoms with Crippen LogP contribution in [0.3, 0.4) is 0 Å². The van der Waals surface area contributed by atoms with Crippen molar-refractivity contribution in [3.63, 3.8) is 0 Å². The molecular formula is C9H10ClFO2.